The van der Waals surface area contributed by atoms with Gasteiger partial charge >= 0.3 is 0 Å². The minimum Gasteiger partial charge on any atom is -0.399 e. The van der Waals surface area contributed by atoms with Gasteiger partial charge in [-0.2, -0.15) is 0 Å². The number of hydrogen-bond acceptors (Lipinski definition) is 3. The zero-order valence-electron chi connectivity index (χ0n) is 14.0. The molecule has 0 amide bonds. The smallest absolute Gasteiger partial charge is 0.0600 e. The van der Waals surface area contributed by atoms with Crippen LogP contribution in [0.2, 0.25) is 0 Å². The molecule has 24 heavy (non-hydrogen) atoms. The van der Waals surface area contributed by atoms with E-state index in [0.29, 0.717) is 0 Å². The lowest BCUT2D eigenvalue weighted by Crippen LogP contribution is -2.03. The molecule has 2 aromatic rings. The van der Waals surface area contributed by atoms with Crippen LogP contribution in [-0.2, 0) is 0 Å². The van der Waals surface area contributed by atoms with Gasteiger partial charge in [0.2, 0.25) is 0 Å². The lowest BCUT2D eigenvalue weighted by molar-refractivity contribution is 1.39. The molecule has 0 fully saturated rings. The first-order chi connectivity index (χ1) is 11.6. The number of aliphatic imine (C=N–C) groups is 1. The molecular weight excluding hydrogens is 294 g/mol. The van der Waals surface area contributed by atoms with Gasteiger partial charge in [0.25, 0.3) is 0 Å². The van der Waals surface area contributed by atoms with E-state index in [-0.39, 0.29) is 0 Å². The third kappa shape index (κ3) is 3.15. The predicted octanol–water partition coefficient (Wildman–Crippen LogP) is 4.24. The second-order valence-corrected chi connectivity index (χ2v) is 5.84. The third-order valence-corrected chi connectivity index (χ3v) is 4.13. The Bertz CT molecular complexity index is 817. The summed E-state index contributed by atoms with van der Waals surface area (Å²) in [5.41, 5.74) is 19.9. The normalized spacial score (nSPS) is 15.5. The Balaban J connectivity index is 2.21. The maximum Gasteiger partial charge on any atom is 0.0600 e. The fraction of sp³-hybridized carbons (Fsp3) is 0.0952. The molecule has 0 unspecified atom stereocenters. The molecule has 2 aromatic carbocycles. The van der Waals surface area contributed by atoms with Crippen molar-refractivity contribution in [3.8, 4) is 0 Å². The van der Waals surface area contributed by atoms with Crippen LogP contribution in [-0.4, -0.2) is 12.8 Å². The zero-order chi connectivity index (χ0) is 17.1. The van der Waals surface area contributed by atoms with Gasteiger partial charge in [0.15, 0.2) is 0 Å². The molecule has 0 aromatic heterocycles. The molecule has 1 aliphatic carbocycles. The van der Waals surface area contributed by atoms with Crippen molar-refractivity contribution >= 4 is 22.7 Å². The van der Waals surface area contributed by atoms with Crippen LogP contribution in [0.25, 0.3) is 5.57 Å². The van der Waals surface area contributed by atoms with Crippen LogP contribution in [0, 0.1) is 0 Å². The Hall–Kier alpha value is -3.07. The summed E-state index contributed by atoms with van der Waals surface area (Å²) < 4.78 is 0. The number of nitrogens with zero attached hydrogens (tertiary/aromatic N) is 1. The minimum atomic E-state index is 0.756. The Morgan fingerprint density at radius 2 is 1.29 bits per heavy atom. The lowest BCUT2D eigenvalue weighted by atomic mass is 9.89. The van der Waals surface area contributed by atoms with Crippen LogP contribution < -0.4 is 11.5 Å². The van der Waals surface area contributed by atoms with Gasteiger partial charge in [-0.05, 0) is 71.2 Å². The van der Waals surface area contributed by atoms with Crippen molar-refractivity contribution in [3.63, 3.8) is 0 Å². The Labute approximate surface area is 142 Å². The van der Waals surface area contributed by atoms with Crippen molar-refractivity contribution in [2.45, 2.75) is 6.92 Å². The van der Waals surface area contributed by atoms with Gasteiger partial charge in [0, 0.05) is 18.4 Å². The third-order valence-electron chi connectivity index (χ3n) is 4.13. The lowest BCUT2D eigenvalue weighted by Gasteiger charge is -2.16. The molecule has 0 saturated carbocycles. The number of allylic oxidation sites excluding steroid dienone is 5. The van der Waals surface area contributed by atoms with Crippen LogP contribution in [0.5, 0.6) is 0 Å². The van der Waals surface area contributed by atoms with Crippen LogP contribution >= 0.6 is 0 Å². The van der Waals surface area contributed by atoms with Gasteiger partial charge in [-0.3, -0.25) is 4.99 Å². The quantitative estimate of drug-likeness (QED) is 0.814. The first kappa shape index (κ1) is 15.8. The van der Waals surface area contributed by atoms with Gasteiger partial charge in [-0.1, -0.05) is 30.3 Å². The highest BCUT2D eigenvalue weighted by Crippen LogP contribution is 2.31. The number of nitrogen functional groups attached to an aromatic ring is 2. The summed E-state index contributed by atoms with van der Waals surface area (Å²) >= 11 is 0. The largest absolute Gasteiger partial charge is 0.399 e. The summed E-state index contributed by atoms with van der Waals surface area (Å²) in [7, 11) is 1.81. The van der Waals surface area contributed by atoms with Crippen molar-refractivity contribution in [2.24, 2.45) is 4.99 Å². The average molecular weight is 315 g/mol. The monoisotopic (exact) mass is 315 g/mol. The molecule has 3 rings (SSSR count). The first-order valence-corrected chi connectivity index (χ1v) is 7.88. The van der Waals surface area contributed by atoms with Crippen molar-refractivity contribution in [3.05, 3.63) is 89.0 Å². The number of benzene rings is 2. The van der Waals surface area contributed by atoms with Crippen molar-refractivity contribution in [2.75, 3.05) is 18.5 Å². The molecule has 0 bridgehead atoms. The number of hydrogen-bond donors (Lipinski definition) is 2. The molecule has 0 saturated heterocycles. The van der Waals surface area contributed by atoms with E-state index < -0.39 is 0 Å². The molecule has 3 heteroatoms. The highest BCUT2D eigenvalue weighted by Gasteiger charge is 2.13. The van der Waals surface area contributed by atoms with E-state index >= 15 is 0 Å². The number of anilines is 2. The summed E-state index contributed by atoms with van der Waals surface area (Å²) in [5, 5.41) is 0. The molecule has 0 spiro atoms. The molecular formula is C21H21N3. The number of rotatable bonds is 2. The highest BCUT2D eigenvalue weighted by atomic mass is 14.7. The Kier molecular flexibility index (Phi) is 4.34. The zero-order valence-corrected chi connectivity index (χ0v) is 14.0. The van der Waals surface area contributed by atoms with E-state index in [1.165, 1.54) is 0 Å². The molecule has 1 aliphatic rings. The summed E-state index contributed by atoms with van der Waals surface area (Å²) in [4.78, 5) is 4.30. The van der Waals surface area contributed by atoms with Gasteiger partial charge in [0.1, 0.15) is 0 Å². The summed E-state index contributed by atoms with van der Waals surface area (Å²) in [6.07, 6.45) is 6.33. The van der Waals surface area contributed by atoms with Crippen molar-refractivity contribution in [1.29, 1.82) is 0 Å². The molecule has 4 N–H and O–H groups in total. The fourth-order valence-electron chi connectivity index (χ4n) is 2.86. The Morgan fingerprint density at radius 3 is 1.71 bits per heavy atom. The van der Waals surface area contributed by atoms with Crippen LogP contribution in [0.1, 0.15) is 18.1 Å². The van der Waals surface area contributed by atoms with E-state index in [4.69, 9.17) is 11.5 Å². The van der Waals surface area contributed by atoms with Crippen LogP contribution in [0.15, 0.2) is 82.9 Å². The molecule has 0 radical (unpaired) electrons. The first-order valence-electron chi connectivity index (χ1n) is 7.88. The molecule has 120 valence electrons. The van der Waals surface area contributed by atoms with Gasteiger partial charge < -0.3 is 11.5 Å². The predicted molar refractivity (Wildman–Crippen MR) is 104 cm³/mol. The standard InChI is InChI=1S/C21H21N3/c1-14-13-17(7-12-20(14)24-2)21(15-3-8-18(22)9-4-15)16-5-10-19(23)11-6-16/h3-13H,22-23H2,1-2H3. The van der Waals surface area contributed by atoms with Crippen LogP contribution in [0.3, 0.4) is 0 Å². The van der Waals surface area contributed by atoms with Gasteiger partial charge in [0.05, 0.1) is 5.71 Å². The van der Waals surface area contributed by atoms with E-state index in [2.05, 4.69) is 54.4 Å². The summed E-state index contributed by atoms with van der Waals surface area (Å²) in [5.74, 6) is 0. The van der Waals surface area contributed by atoms with Crippen molar-refractivity contribution in [1.82, 2.24) is 0 Å². The van der Waals surface area contributed by atoms with Gasteiger partial charge in [-0.15, -0.1) is 0 Å². The van der Waals surface area contributed by atoms with E-state index in [1.807, 2.05) is 31.3 Å². The van der Waals surface area contributed by atoms with E-state index in [1.54, 1.807) is 0 Å². The second-order valence-electron chi connectivity index (χ2n) is 5.84. The Morgan fingerprint density at radius 1 is 0.792 bits per heavy atom. The van der Waals surface area contributed by atoms with Crippen molar-refractivity contribution < 1.29 is 0 Å². The maximum atomic E-state index is 5.85. The topological polar surface area (TPSA) is 64.4 Å². The summed E-state index contributed by atoms with van der Waals surface area (Å²) in [6, 6.07) is 15.9. The average Bonchev–Trinajstić information content (AvgIpc) is 2.59. The minimum absolute atomic E-state index is 0.756. The van der Waals surface area contributed by atoms with Crippen LogP contribution in [0.4, 0.5) is 11.4 Å². The molecule has 0 aliphatic heterocycles. The highest BCUT2D eigenvalue weighted by molar-refractivity contribution is 6.10. The molecule has 3 nitrogen and oxygen atoms in total. The number of nitrogens with two attached hydrogens (primary N) is 2. The molecule has 0 atom stereocenters. The second kappa shape index (κ2) is 6.59. The van der Waals surface area contributed by atoms with E-state index in [0.717, 1.165) is 44.9 Å². The summed E-state index contributed by atoms with van der Waals surface area (Å²) in [6.45, 7) is 2.08. The molecule has 0 heterocycles. The van der Waals surface area contributed by atoms with E-state index in [9.17, 15) is 0 Å². The van der Waals surface area contributed by atoms with Gasteiger partial charge in [-0.25, -0.2) is 0 Å². The fourth-order valence-corrected chi connectivity index (χ4v) is 2.86. The SMILES string of the molecule is CN=C1C=CC(=C(c2ccc(N)cc2)c2ccc(N)cc2)C=C1C. The maximum absolute atomic E-state index is 5.85.